The van der Waals surface area contributed by atoms with Crippen molar-refractivity contribution >= 4 is 40.2 Å². The van der Waals surface area contributed by atoms with Crippen LogP contribution in [0.15, 0.2) is 83.0 Å². The predicted molar refractivity (Wildman–Crippen MR) is 140 cm³/mol. The van der Waals surface area contributed by atoms with E-state index in [-0.39, 0.29) is 18.1 Å². The number of nitro benzene ring substituents is 1. The zero-order valence-corrected chi connectivity index (χ0v) is 21.0. The lowest BCUT2D eigenvalue weighted by Gasteiger charge is -2.14. The van der Waals surface area contributed by atoms with E-state index in [1.54, 1.807) is 42.2 Å². The maximum Gasteiger partial charge on any atom is 0.342 e. The van der Waals surface area contributed by atoms with E-state index in [1.165, 1.54) is 25.1 Å². The maximum atomic E-state index is 13.1. The fourth-order valence-electron chi connectivity index (χ4n) is 4.41. The van der Waals surface area contributed by atoms with Crippen molar-refractivity contribution in [2.75, 3.05) is 30.5 Å². The molecule has 0 saturated carbocycles. The summed E-state index contributed by atoms with van der Waals surface area (Å²) >= 11 is 0. The van der Waals surface area contributed by atoms with Gasteiger partial charge < -0.3 is 14.5 Å². The minimum absolute atomic E-state index is 0.0717. The number of azo groups is 1. The van der Waals surface area contributed by atoms with Gasteiger partial charge in [0.15, 0.2) is 5.78 Å². The summed E-state index contributed by atoms with van der Waals surface area (Å²) in [6.45, 7) is 3.27. The standard InChI is InChI=1S/C27H27N5O5/c1-5-37-26(34)27(18(2)33)25(19-9-13-22(14-10-19)30(3)4)31(27)23-15-11-20(12-16-23)28-29-21-7-6-8-24(17-21)32(35)36/h6-17,25H,5H2,1-4H3. The molecule has 1 heterocycles. The normalized spacial score (nSPS) is 18.5. The van der Waals surface area contributed by atoms with Crippen LogP contribution in [0, 0.1) is 10.1 Å². The second-order valence-corrected chi connectivity index (χ2v) is 8.79. The van der Waals surface area contributed by atoms with E-state index < -0.39 is 22.5 Å². The topological polar surface area (TPSA) is 117 Å². The number of ether oxygens (including phenoxy) is 1. The van der Waals surface area contributed by atoms with Gasteiger partial charge in [0.25, 0.3) is 5.69 Å². The molecule has 2 atom stereocenters. The number of carbonyl (C=O) groups excluding carboxylic acids is 2. The van der Waals surface area contributed by atoms with Gasteiger partial charge in [-0.3, -0.25) is 14.9 Å². The van der Waals surface area contributed by atoms with Crippen molar-refractivity contribution in [2.45, 2.75) is 25.4 Å². The molecule has 3 aromatic rings. The average molecular weight is 502 g/mol. The van der Waals surface area contributed by atoms with Gasteiger partial charge in [0.2, 0.25) is 5.54 Å². The monoisotopic (exact) mass is 501 g/mol. The molecule has 0 aliphatic carbocycles. The Morgan fingerprint density at radius 1 is 1.03 bits per heavy atom. The molecule has 1 aliphatic heterocycles. The third kappa shape index (κ3) is 4.77. The highest BCUT2D eigenvalue weighted by Gasteiger charge is 2.73. The van der Waals surface area contributed by atoms with Crippen LogP contribution in [-0.2, 0) is 14.3 Å². The van der Waals surface area contributed by atoms with Gasteiger partial charge in [-0.2, -0.15) is 10.2 Å². The highest BCUT2D eigenvalue weighted by molar-refractivity contribution is 6.17. The average Bonchev–Trinajstić information content (AvgIpc) is 3.60. The number of non-ortho nitro benzene ring substituents is 1. The number of carbonyl (C=O) groups is 2. The lowest BCUT2D eigenvalue weighted by molar-refractivity contribution is -0.384. The fraction of sp³-hybridized carbons (Fsp3) is 0.259. The Bertz CT molecular complexity index is 1350. The zero-order chi connectivity index (χ0) is 26.7. The molecule has 0 aromatic heterocycles. The third-order valence-corrected chi connectivity index (χ3v) is 6.26. The highest BCUT2D eigenvalue weighted by atomic mass is 16.6. The summed E-state index contributed by atoms with van der Waals surface area (Å²) in [5, 5.41) is 19.2. The number of ketones is 1. The second kappa shape index (κ2) is 10.2. The van der Waals surface area contributed by atoms with Crippen LogP contribution in [0.1, 0.15) is 25.5 Å². The lowest BCUT2D eigenvalue weighted by atomic mass is 9.95. The smallest absolute Gasteiger partial charge is 0.342 e. The van der Waals surface area contributed by atoms with Gasteiger partial charge in [-0.25, -0.2) is 4.79 Å². The molecule has 10 heteroatoms. The molecule has 0 bridgehead atoms. The predicted octanol–water partition coefficient (Wildman–Crippen LogP) is 5.53. The summed E-state index contributed by atoms with van der Waals surface area (Å²) in [5.74, 6) is -0.888. The Hall–Kier alpha value is -4.60. The van der Waals surface area contributed by atoms with Crippen LogP contribution in [0.25, 0.3) is 0 Å². The molecule has 190 valence electrons. The highest BCUT2D eigenvalue weighted by Crippen LogP contribution is 2.57. The Labute approximate surface area is 214 Å². The SMILES string of the molecule is CCOC(=O)C1(C(C)=O)C(c2ccc(N(C)C)cc2)N1c1ccc(N=Nc2cccc([N+](=O)[O-])c2)cc1. The van der Waals surface area contributed by atoms with E-state index in [9.17, 15) is 19.7 Å². The van der Waals surface area contributed by atoms with Crippen LogP contribution in [0.5, 0.6) is 0 Å². The first-order valence-corrected chi connectivity index (χ1v) is 11.7. The van der Waals surface area contributed by atoms with Gasteiger partial charge in [0.1, 0.15) is 0 Å². The molecule has 2 unspecified atom stereocenters. The van der Waals surface area contributed by atoms with Crippen molar-refractivity contribution in [2.24, 2.45) is 10.2 Å². The molecule has 4 rings (SSSR count). The Morgan fingerprint density at radius 2 is 1.68 bits per heavy atom. The number of hydrogen-bond acceptors (Lipinski definition) is 9. The van der Waals surface area contributed by atoms with Crippen LogP contribution < -0.4 is 9.80 Å². The second-order valence-electron chi connectivity index (χ2n) is 8.79. The van der Waals surface area contributed by atoms with Gasteiger partial charge in [0, 0.05) is 37.6 Å². The van der Waals surface area contributed by atoms with Gasteiger partial charge in [-0.15, -0.1) is 0 Å². The van der Waals surface area contributed by atoms with Crippen molar-refractivity contribution in [3.8, 4) is 0 Å². The van der Waals surface area contributed by atoms with E-state index in [0.717, 1.165) is 11.3 Å². The maximum absolute atomic E-state index is 13.1. The van der Waals surface area contributed by atoms with E-state index in [0.29, 0.717) is 17.1 Å². The molecule has 3 aromatic carbocycles. The quantitative estimate of drug-likeness (QED) is 0.0945. The van der Waals surface area contributed by atoms with E-state index >= 15 is 0 Å². The fourth-order valence-corrected chi connectivity index (χ4v) is 4.41. The van der Waals surface area contributed by atoms with Gasteiger partial charge in [-0.05, 0) is 61.9 Å². The lowest BCUT2D eigenvalue weighted by Crippen LogP contribution is -2.39. The molecule has 0 N–H and O–H groups in total. The Balaban J connectivity index is 1.65. The van der Waals surface area contributed by atoms with Crippen LogP contribution in [-0.4, -0.2) is 42.9 Å². The number of nitro groups is 1. The molecule has 0 spiro atoms. The summed E-state index contributed by atoms with van der Waals surface area (Å²) in [5.41, 5.74) is 1.80. The molecule has 0 radical (unpaired) electrons. The van der Waals surface area contributed by atoms with Crippen LogP contribution in [0.4, 0.5) is 28.4 Å². The first kappa shape index (κ1) is 25.5. The molecule has 1 aliphatic rings. The molecule has 0 amide bonds. The van der Waals surface area contributed by atoms with Gasteiger partial charge in [0.05, 0.1) is 28.9 Å². The van der Waals surface area contributed by atoms with Crippen molar-refractivity contribution in [3.63, 3.8) is 0 Å². The minimum atomic E-state index is -1.46. The van der Waals surface area contributed by atoms with Gasteiger partial charge >= 0.3 is 5.97 Å². The first-order chi connectivity index (χ1) is 17.7. The molecular weight excluding hydrogens is 474 g/mol. The summed E-state index contributed by atoms with van der Waals surface area (Å²) in [6.07, 6.45) is 0. The summed E-state index contributed by atoms with van der Waals surface area (Å²) in [7, 11) is 3.88. The number of benzene rings is 3. The summed E-state index contributed by atoms with van der Waals surface area (Å²) in [6, 6.07) is 20.0. The van der Waals surface area contributed by atoms with E-state index in [4.69, 9.17) is 4.74 Å². The minimum Gasteiger partial charge on any atom is -0.464 e. The van der Waals surface area contributed by atoms with Crippen molar-refractivity contribution in [1.29, 1.82) is 0 Å². The van der Waals surface area contributed by atoms with E-state index in [1.807, 2.05) is 43.3 Å². The number of Topliss-reactive ketones (excluding diaryl/α,β-unsaturated/α-hetero) is 1. The molecular formula is C27H27N5O5. The van der Waals surface area contributed by atoms with Crippen molar-refractivity contribution in [1.82, 2.24) is 0 Å². The molecule has 37 heavy (non-hydrogen) atoms. The van der Waals surface area contributed by atoms with E-state index in [2.05, 4.69) is 10.2 Å². The molecule has 1 saturated heterocycles. The third-order valence-electron chi connectivity index (χ3n) is 6.26. The van der Waals surface area contributed by atoms with Crippen LogP contribution >= 0.6 is 0 Å². The first-order valence-electron chi connectivity index (χ1n) is 11.7. The largest absolute Gasteiger partial charge is 0.464 e. The number of esters is 1. The van der Waals surface area contributed by atoms with Crippen molar-refractivity contribution < 1.29 is 19.2 Å². The zero-order valence-electron chi connectivity index (χ0n) is 21.0. The van der Waals surface area contributed by atoms with Gasteiger partial charge in [-0.1, -0.05) is 18.2 Å². The summed E-state index contributed by atoms with van der Waals surface area (Å²) in [4.78, 5) is 40.3. The number of nitrogens with zero attached hydrogens (tertiary/aromatic N) is 5. The summed E-state index contributed by atoms with van der Waals surface area (Å²) < 4.78 is 5.34. The Morgan fingerprint density at radius 3 is 2.24 bits per heavy atom. The van der Waals surface area contributed by atoms with Crippen LogP contribution in [0.2, 0.25) is 0 Å². The van der Waals surface area contributed by atoms with Crippen LogP contribution in [0.3, 0.4) is 0 Å². The number of hydrogen-bond donors (Lipinski definition) is 0. The molecule has 1 fully saturated rings. The molecule has 10 nitrogen and oxygen atoms in total. The number of anilines is 2. The Kier molecular flexibility index (Phi) is 7.01. The number of rotatable bonds is 9. The van der Waals surface area contributed by atoms with Crippen molar-refractivity contribution in [3.05, 3.63) is 88.5 Å².